The Kier molecular flexibility index (Phi) is 6.15. The number of likely N-dealkylation sites (tertiary alicyclic amines) is 1. The topological polar surface area (TPSA) is 33.7 Å². The first-order valence-electron chi connectivity index (χ1n) is 7.60. The fourth-order valence-corrected chi connectivity index (χ4v) is 3.19. The molecule has 2 heterocycles. The van der Waals surface area contributed by atoms with Crippen LogP contribution in [0.3, 0.4) is 0 Å². The van der Waals surface area contributed by atoms with Gasteiger partial charge < -0.3 is 14.8 Å². The third-order valence-corrected chi connectivity index (χ3v) is 4.11. The molecule has 1 aromatic carbocycles. The van der Waals surface area contributed by atoms with Crippen molar-refractivity contribution in [2.75, 3.05) is 39.9 Å². The SMILES string of the molecule is CNCC1CCCN(Cc2ccc3c(c2)OCCO3)C1.Cl. The number of nitrogens with one attached hydrogen (secondary N) is 1. The van der Waals surface area contributed by atoms with Crippen LogP contribution in [-0.4, -0.2) is 44.8 Å². The minimum absolute atomic E-state index is 0. The molecule has 1 atom stereocenters. The van der Waals surface area contributed by atoms with E-state index in [-0.39, 0.29) is 12.4 Å². The molecule has 2 aliphatic rings. The van der Waals surface area contributed by atoms with Crippen LogP contribution in [0.1, 0.15) is 18.4 Å². The van der Waals surface area contributed by atoms with E-state index < -0.39 is 0 Å². The van der Waals surface area contributed by atoms with Gasteiger partial charge in [0.2, 0.25) is 0 Å². The van der Waals surface area contributed by atoms with Crippen molar-refractivity contribution in [2.45, 2.75) is 19.4 Å². The van der Waals surface area contributed by atoms with E-state index in [1.54, 1.807) is 0 Å². The van der Waals surface area contributed by atoms with E-state index in [1.165, 1.54) is 31.5 Å². The molecule has 5 heteroatoms. The van der Waals surface area contributed by atoms with E-state index in [9.17, 15) is 0 Å². The van der Waals surface area contributed by atoms with Gasteiger partial charge in [-0.25, -0.2) is 0 Å². The van der Waals surface area contributed by atoms with Crippen LogP contribution in [0.2, 0.25) is 0 Å². The Balaban J connectivity index is 0.00000161. The molecule has 3 rings (SSSR count). The van der Waals surface area contributed by atoms with Gasteiger partial charge in [-0.2, -0.15) is 0 Å². The molecule has 0 aliphatic carbocycles. The highest BCUT2D eigenvalue weighted by molar-refractivity contribution is 5.85. The minimum atomic E-state index is 0. The minimum Gasteiger partial charge on any atom is -0.486 e. The summed E-state index contributed by atoms with van der Waals surface area (Å²) in [5, 5.41) is 3.30. The number of halogens is 1. The second-order valence-electron chi connectivity index (χ2n) is 5.78. The van der Waals surface area contributed by atoms with Crippen LogP contribution in [0.5, 0.6) is 11.5 Å². The summed E-state index contributed by atoms with van der Waals surface area (Å²) in [6, 6.07) is 6.34. The Morgan fingerprint density at radius 3 is 2.86 bits per heavy atom. The van der Waals surface area contributed by atoms with Crippen LogP contribution in [0, 0.1) is 5.92 Å². The molecule has 1 fully saturated rings. The van der Waals surface area contributed by atoms with Gasteiger partial charge in [-0.15, -0.1) is 12.4 Å². The first kappa shape index (κ1) is 16.4. The number of piperidine rings is 1. The largest absolute Gasteiger partial charge is 0.486 e. The number of nitrogens with zero attached hydrogens (tertiary/aromatic N) is 1. The highest BCUT2D eigenvalue weighted by Crippen LogP contribution is 2.31. The molecule has 0 spiro atoms. The smallest absolute Gasteiger partial charge is 0.161 e. The van der Waals surface area contributed by atoms with Crippen LogP contribution in [0.15, 0.2) is 18.2 Å². The maximum atomic E-state index is 5.66. The van der Waals surface area contributed by atoms with Crippen molar-refractivity contribution in [1.29, 1.82) is 0 Å². The number of hydrogen-bond donors (Lipinski definition) is 1. The van der Waals surface area contributed by atoms with E-state index in [0.29, 0.717) is 13.2 Å². The molecule has 1 unspecified atom stereocenters. The summed E-state index contributed by atoms with van der Waals surface area (Å²) in [6.45, 7) is 5.84. The molecule has 0 bridgehead atoms. The van der Waals surface area contributed by atoms with Crippen molar-refractivity contribution in [3.63, 3.8) is 0 Å². The Hall–Kier alpha value is -0.970. The zero-order chi connectivity index (χ0) is 13.8. The molecule has 4 nitrogen and oxygen atoms in total. The summed E-state index contributed by atoms with van der Waals surface area (Å²) in [4.78, 5) is 2.55. The number of ether oxygens (including phenoxy) is 2. The molecule has 0 radical (unpaired) electrons. The van der Waals surface area contributed by atoms with Crippen LogP contribution < -0.4 is 14.8 Å². The average molecular weight is 313 g/mol. The van der Waals surface area contributed by atoms with Crippen molar-refractivity contribution in [3.05, 3.63) is 23.8 Å². The normalized spacial score (nSPS) is 21.7. The zero-order valence-corrected chi connectivity index (χ0v) is 13.5. The Bertz CT molecular complexity index is 454. The quantitative estimate of drug-likeness (QED) is 0.925. The number of benzene rings is 1. The van der Waals surface area contributed by atoms with E-state index in [2.05, 4.69) is 22.3 Å². The molecule has 1 aromatic rings. The summed E-state index contributed by atoms with van der Waals surface area (Å²) in [5.74, 6) is 2.56. The van der Waals surface area contributed by atoms with Crippen molar-refractivity contribution in [3.8, 4) is 11.5 Å². The van der Waals surface area contributed by atoms with Gasteiger partial charge in [-0.1, -0.05) is 6.07 Å². The van der Waals surface area contributed by atoms with E-state index >= 15 is 0 Å². The Morgan fingerprint density at radius 2 is 2.05 bits per heavy atom. The van der Waals surface area contributed by atoms with Crippen LogP contribution in [0.4, 0.5) is 0 Å². The van der Waals surface area contributed by atoms with Crippen molar-refractivity contribution < 1.29 is 9.47 Å². The van der Waals surface area contributed by atoms with E-state index in [0.717, 1.165) is 30.5 Å². The van der Waals surface area contributed by atoms with Gasteiger partial charge in [-0.3, -0.25) is 4.90 Å². The number of hydrogen-bond acceptors (Lipinski definition) is 4. The lowest BCUT2D eigenvalue weighted by Gasteiger charge is -2.32. The number of rotatable bonds is 4. The van der Waals surface area contributed by atoms with E-state index in [1.807, 2.05) is 13.1 Å². The fourth-order valence-electron chi connectivity index (χ4n) is 3.19. The zero-order valence-electron chi connectivity index (χ0n) is 12.6. The lowest BCUT2D eigenvalue weighted by Crippen LogP contribution is -2.38. The molecule has 0 saturated carbocycles. The average Bonchev–Trinajstić information content (AvgIpc) is 2.48. The second-order valence-corrected chi connectivity index (χ2v) is 5.78. The molecule has 1 N–H and O–H groups in total. The first-order valence-corrected chi connectivity index (χ1v) is 7.60. The maximum absolute atomic E-state index is 5.66. The molecule has 1 saturated heterocycles. The fraction of sp³-hybridized carbons (Fsp3) is 0.625. The number of fused-ring (bicyclic) bond motifs is 1. The predicted molar refractivity (Wildman–Crippen MR) is 86.6 cm³/mol. The third kappa shape index (κ3) is 4.25. The molecule has 0 amide bonds. The van der Waals surface area contributed by atoms with Crippen LogP contribution in [-0.2, 0) is 6.54 Å². The molecule has 118 valence electrons. The van der Waals surface area contributed by atoms with Gasteiger partial charge in [0.15, 0.2) is 11.5 Å². The van der Waals surface area contributed by atoms with Gasteiger partial charge >= 0.3 is 0 Å². The summed E-state index contributed by atoms with van der Waals surface area (Å²) < 4.78 is 11.2. The van der Waals surface area contributed by atoms with Crippen molar-refractivity contribution in [2.24, 2.45) is 5.92 Å². The summed E-state index contributed by atoms with van der Waals surface area (Å²) in [5.41, 5.74) is 1.32. The third-order valence-electron chi connectivity index (χ3n) is 4.11. The summed E-state index contributed by atoms with van der Waals surface area (Å²) >= 11 is 0. The first-order chi connectivity index (χ1) is 9.85. The summed E-state index contributed by atoms with van der Waals surface area (Å²) in [7, 11) is 2.04. The van der Waals surface area contributed by atoms with Crippen molar-refractivity contribution >= 4 is 12.4 Å². The van der Waals surface area contributed by atoms with Gasteiger partial charge in [0, 0.05) is 13.1 Å². The lowest BCUT2D eigenvalue weighted by molar-refractivity contribution is 0.163. The second kappa shape index (κ2) is 7.87. The molecule has 2 aliphatic heterocycles. The van der Waals surface area contributed by atoms with Gasteiger partial charge in [-0.05, 0) is 56.6 Å². The maximum Gasteiger partial charge on any atom is 0.161 e. The predicted octanol–water partition coefficient (Wildman–Crippen LogP) is 2.31. The molecule has 21 heavy (non-hydrogen) atoms. The van der Waals surface area contributed by atoms with Crippen LogP contribution in [0.25, 0.3) is 0 Å². The Morgan fingerprint density at radius 1 is 1.24 bits per heavy atom. The van der Waals surface area contributed by atoms with Gasteiger partial charge in [0.05, 0.1) is 0 Å². The Labute approximate surface area is 133 Å². The lowest BCUT2D eigenvalue weighted by atomic mass is 9.97. The van der Waals surface area contributed by atoms with Crippen LogP contribution >= 0.6 is 12.4 Å². The monoisotopic (exact) mass is 312 g/mol. The van der Waals surface area contributed by atoms with Gasteiger partial charge in [0.1, 0.15) is 13.2 Å². The molecular weight excluding hydrogens is 288 g/mol. The van der Waals surface area contributed by atoms with Gasteiger partial charge in [0.25, 0.3) is 0 Å². The van der Waals surface area contributed by atoms with E-state index in [4.69, 9.17) is 9.47 Å². The highest BCUT2D eigenvalue weighted by atomic mass is 35.5. The standard InChI is InChI=1S/C16H24N2O2.ClH/c1-17-10-14-3-2-6-18(12-14)11-13-4-5-15-16(9-13)20-8-7-19-15;/h4-5,9,14,17H,2-3,6-8,10-12H2,1H3;1H. The molecule has 0 aromatic heterocycles. The summed E-state index contributed by atoms with van der Waals surface area (Å²) in [6.07, 6.45) is 2.65. The van der Waals surface area contributed by atoms with Crippen molar-refractivity contribution in [1.82, 2.24) is 10.2 Å². The highest BCUT2D eigenvalue weighted by Gasteiger charge is 2.20. The molecular formula is C16H25ClN2O2.